The Morgan fingerprint density at radius 2 is 1.79 bits per heavy atom. The quantitative estimate of drug-likeness (QED) is 0.621. The summed E-state index contributed by atoms with van der Waals surface area (Å²) < 4.78 is 6.22. The molecule has 0 fully saturated rings. The number of aromatic nitrogens is 1. The minimum Gasteiger partial charge on any atom is -0.455 e. The Morgan fingerprint density at radius 3 is 2.46 bits per heavy atom. The number of rotatable bonds is 6. The molecular formula is C20H19N3O4S. The maximum atomic E-state index is 12.9. The summed E-state index contributed by atoms with van der Waals surface area (Å²) in [5.74, 6) is -1.37. The molecule has 8 heteroatoms. The number of benzene rings is 2. The van der Waals surface area contributed by atoms with Crippen molar-refractivity contribution in [2.24, 2.45) is 5.73 Å². The monoisotopic (exact) mass is 397 g/mol. The molecule has 0 aliphatic heterocycles. The zero-order valence-electron chi connectivity index (χ0n) is 15.2. The molecule has 0 saturated heterocycles. The van der Waals surface area contributed by atoms with Crippen LogP contribution in [0, 0.1) is 0 Å². The molecule has 0 spiro atoms. The number of para-hydroxylation sites is 1. The van der Waals surface area contributed by atoms with E-state index in [4.69, 9.17) is 10.5 Å². The van der Waals surface area contributed by atoms with Gasteiger partial charge in [-0.15, -0.1) is 11.3 Å². The van der Waals surface area contributed by atoms with Gasteiger partial charge in [0, 0.05) is 6.42 Å². The van der Waals surface area contributed by atoms with E-state index in [1.165, 1.54) is 11.3 Å². The van der Waals surface area contributed by atoms with Crippen LogP contribution in [-0.4, -0.2) is 29.5 Å². The Labute approximate surface area is 165 Å². The first kappa shape index (κ1) is 19.5. The number of urea groups is 1. The number of carbonyl (C=O) groups excluding carboxylic acids is 3. The Hall–Kier alpha value is -3.26. The Bertz CT molecular complexity index is 985. The summed E-state index contributed by atoms with van der Waals surface area (Å²) in [6, 6.07) is 15.9. The highest BCUT2D eigenvalue weighted by atomic mass is 32.1. The van der Waals surface area contributed by atoms with Crippen molar-refractivity contribution in [1.29, 1.82) is 0 Å². The van der Waals surface area contributed by atoms with Crippen LogP contribution in [0.1, 0.15) is 17.5 Å². The molecule has 3 aromatic rings. The number of hydrogen-bond donors (Lipinski definition) is 2. The molecule has 0 aliphatic carbocycles. The fourth-order valence-corrected chi connectivity index (χ4v) is 3.98. The molecule has 2 aromatic carbocycles. The van der Waals surface area contributed by atoms with E-state index < -0.39 is 29.9 Å². The van der Waals surface area contributed by atoms with E-state index >= 15 is 0 Å². The molecule has 0 aliphatic rings. The summed E-state index contributed by atoms with van der Waals surface area (Å²) in [6.45, 7) is 1.16. The smallest absolute Gasteiger partial charge is 0.318 e. The molecule has 144 valence electrons. The third-order valence-corrected chi connectivity index (χ3v) is 5.34. The van der Waals surface area contributed by atoms with Crippen molar-refractivity contribution < 1.29 is 19.1 Å². The number of primary amides is 1. The second kappa shape index (κ2) is 8.18. The number of nitrogens with zero attached hydrogens (tertiary/aromatic N) is 1. The number of nitrogens with two attached hydrogens (primary N) is 1. The molecule has 1 aromatic heterocycles. The second-order valence-corrected chi connectivity index (χ2v) is 7.55. The summed E-state index contributed by atoms with van der Waals surface area (Å²) >= 11 is 1.51. The minimum atomic E-state index is -1.05. The van der Waals surface area contributed by atoms with Gasteiger partial charge in [-0.1, -0.05) is 42.5 Å². The summed E-state index contributed by atoms with van der Waals surface area (Å²) in [6.07, 6.45) is 0.312. The zero-order valence-corrected chi connectivity index (χ0v) is 16.0. The summed E-state index contributed by atoms with van der Waals surface area (Å²) in [4.78, 5) is 39.9. The molecular weight excluding hydrogens is 378 g/mol. The fraction of sp³-hybridized carbons (Fsp3) is 0.200. The molecule has 3 rings (SSSR count). The van der Waals surface area contributed by atoms with Gasteiger partial charge in [-0.3, -0.25) is 14.9 Å². The maximum Gasteiger partial charge on any atom is 0.318 e. The number of ether oxygens (including phenoxy) is 1. The zero-order chi connectivity index (χ0) is 20.1. The first-order chi connectivity index (χ1) is 13.4. The van der Waals surface area contributed by atoms with Crippen molar-refractivity contribution in [3.05, 3.63) is 65.2 Å². The molecule has 0 unspecified atom stereocenters. The Balaban J connectivity index is 1.86. The molecule has 0 saturated carbocycles. The van der Waals surface area contributed by atoms with E-state index in [1.54, 1.807) is 6.92 Å². The van der Waals surface area contributed by atoms with Gasteiger partial charge in [0.1, 0.15) is 0 Å². The standard InChI is InChI=1S/C20H19N3O4S/c1-20(13-7-3-2-4-8-13,18(25)27-12-16(24)23-19(21)26)11-17-22-14-9-5-6-10-15(14)28-17/h2-10H,11-12H2,1H3,(H3,21,23,24,26)/t20-/m1/s1. The predicted molar refractivity (Wildman–Crippen MR) is 106 cm³/mol. The molecule has 7 nitrogen and oxygen atoms in total. The van der Waals surface area contributed by atoms with Crippen LogP contribution in [0.15, 0.2) is 54.6 Å². The van der Waals surface area contributed by atoms with E-state index in [0.29, 0.717) is 6.42 Å². The number of fused-ring (bicyclic) bond motifs is 1. The highest BCUT2D eigenvalue weighted by molar-refractivity contribution is 7.18. The van der Waals surface area contributed by atoms with E-state index in [1.807, 2.05) is 59.9 Å². The lowest BCUT2D eigenvalue weighted by Gasteiger charge is -2.27. The lowest BCUT2D eigenvalue weighted by Crippen LogP contribution is -2.41. The number of nitrogens with one attached hydrogen (secondary N) is 1. The Morgan fingerprint density at radius 1 is 1.11 bits per heavy atom. The fourth-order valence-electron chi connectivity index (χ4n) is 2.86. The van der Waals surface area contributed by atoms with Gasteiger partial charge in [-0.05, 0) is 24.6 Å². The highest BCUT2D eigenvalue weighted by Crippen LogP contribution is 2.33. The van der Waals surface area contributed by atoms with Gasteiger partial charge in [-0.25, -0.2) is 9.78 Å². The number of carbonyl (C=O) groups is 3. The number of thiazole rings is 1. The van der Waals surface area contributed by atoms with Crippen molar-refractivity contribution in [2.45, 2.75) is 18.8 Å². The number of amides is 3. The van der Waals surface area contributed by atoms with Crippen molar-refractivity contribution in [2.75, 3.05) is 6.61 Å². The largest absolute Gasteiger partial charge is 0.455 e. The van der Waals surface area contributed by atoms with E-state index in [-0.39, 0.29) is 0 Å². The molecule has 3 N–H and O–H groups in total. The number of imide groups is 1. The van der Waals surface area contributed by atoms with Crippen molar-refractivity contribution in [3.63, 3.8) is 0 Å². The normalized spacial score (nSPS) is 12.9. The third kappa shape index (κ3) is 4.34. The average molecular weight is 397 g/mol. The van der Waals surface area contributed by atoms with Crippen LogP contribution in [0.4, 0.5) is 4.79 Å². The molecule has 3 amide bonds. The summed E-state index contributed by atoms with van der Waals surface area (Å²) in [7, 11) is 0. The molecule has 28 heavy (non-hydrogen) atoms. The van der Waals surface area contributed by atoms with Crippen molar-refractivity contribution >= 4 is 39.5 Å². The van der Waals surface area contributed by atoms with Gasteiger partial charge in [-0.2, -0.15) is 0 Å². The first-order valence-corrected chi connectivity index (χ1v) is 9.36. The topological polar surface area (TPSA) is 111 Å². The molecule has 1 atom stereocenters. The van der Waals surface area contributed by atoms with Crippen LogP contribution in [0.5, 0.6) is 0 Å². The first-order valence-electron chi connectivity index (χ1n) is 8.55. The van der Waals surface area contributed by atoms with Crippen LogP contribution < -0.4 is 11.1 Å². The van der Waals surface area contributed by atoms with Crippen LogP contribution in [0.25, 0.3) is 10.2 Å². The number of hydrogen-bond acceptors (Lipinski definition) is 6. The van der Waals surface area contributed by atoms with E-state index in [9.17, 15) is 14.4 Å². The maximum absolute atomic E-state index is 12.9. The average Bonchev–Trinajstić information content (AvgIpc) is 3.08. The molecule has 1 heterocycles. The highest BCUT2D eigenvalue weighted by Gasteiger charge is 2.38. The van der Waals surface area contributed by atoms with Crippen LogP contribution in [0.2, 0.25) is 0 Å². The predicted octanol–water partition coefficient (Wildman–Crippen LogP) is 2.53. The molecule has 0 bridgehead atoms. The Kier molecular flexibility index (Phi) is 5.70. The lowest BCUT2D eigenvalue weighted by atomic mass is 9.79. The van der Waals surface area contributed by atoms with Gasteiger partial charge >= 0.3 is 12.0 Å². The van der Waals surface area contributed by atoms with Gasteiger partial charge in [0.25, 0.3) is 5.91 Å². The number of esters is 1. The SMILES string of the molecule is C[C@](Cc1nc2ccccc2s1)(C(=O)OCC(=O)NC(N)=O)c1ccccc1. The minimum absolute atomic E-state index is 0.312. The van der Waals surface area contributed by atoms with Gasteiger partial charge in [0.15, 0.2) is 6.61 Å². The second-order valence-electron chi connectivity index (χ2n) is 6.44. The van der Waals surface area contributed by atoms with Crippen molar-refractivity contribution in [1.82, 2.24) is 10.3 Å². The van der Waals surface area contributed by atoms with Crippen LogP contribution in [-0.2, 0) is 26.2 Å². The lowest BCUT2D eigenvalue weighted by molar-refractivity contribution is -0.153. The van der Waals surface area contributed by atoms with Crippen LogP contribution >= 0.6 is 11.3 Å². The van der Waals surface area contributed by atoms with E-state index in [0.717, 1.165) is 20.8 Å². The van der Waals surface area contributed by atoms with Gasteiger partial charge < -0.3 is 10.5 Å². The third-order valence-electron chi connectivity index (χ3n) is 4.30. The van der Waals surface area contributed by atoms with Crippen molar-refractivity contribution in [3.8, 4) is 0 Å². The van der Waals surface area contributed by atoms with E-state index in [2.05, 4.69) is 4.98 Å². The summed E-state index contributed by atoms with van der Waals surface area (Å²) in [5.41, 5.74) is 5.46. The van der Waals surface area contributed by atoms with Gasteiger partial charge in [0.2, 0.25) is 0 Å². The summed E-state index contributed by atoms with van der Waals surface area (Å²) in [5, 5.41) is 2.65. The van der Waals surface area contributed by atoms with Crippen LogP contribution in [0.3, 0.4) is 0 Å². The molecule has 0 radical (unpaired) electrons. The van der Waals surface area contributed by atoms with Gasteiger partial charge in [0.05, 0.1) is 20.6 Å².